The number of anilines is 2. The highest BCUT2D eigenvalue weighted by Gasteiger charge is 2.31. The van der Waals surface area contributed by atoms with Gasteiger partial charge in [-0.05, 0) is 30.3 Å². The molecule has 9 heteroatoms. The van der Waals surface area contributed by atoms with Gasteiger partial charge in [0.1, 0.15) is 0 Å². The number of nitrogens with one attached hydrogen (secondary N) is 2. The van der Waals surface area contributed by atoms with Gasteiger partial charge in [-0.3, -0.25) is 14.6 Å². The highest BCUT2D eigenvalue weighted by molar-refractivity contribution is 6.45. The molecule has 0 saturated carbocycles. The first-order valence-electron chi connectivity index (χ1n) is 7.58. The smallest absolute Gasteiger partial charge is 0.316 e. The summed E-state index contributed by atoms with van der Waals surface area (Å²) in [6.45, 7) is 0. The summed E-state index contributed by atoms with van der Waals surface area (Å²) in [5.41, 5.74) is -0.551. The fraction of sp³-hybridized carbons (Fsp3) is 0.0556. The second-order valence-electron chi connectivity index (χ2n) is 5.48. The number of benzene rings is 2. The molecule has 2 N–H and O–H groups in total. The molecule has 2 aromatic carbocycles. The number of hydrogen-bond acceptors (Lipinski definition) is 3. The largest absolute Gasteiger partial charge is 0.416 e. The topological polar surface area (TPSA) is 71.1 Å². The molecule has 0 aliphatic heterocycles. The van der Waals surface area contributed by atoms with E-state index in [1.807, 2.05) is 0 Å². The van der Waals surface area contributed by atoms with Gasteiger partial charge in [0.15, 0.2) is 0 Å². The van der Waals surface area contributed by atoms with E-state index in [4.69, 9.17) is 11.6 Å². The van der Waals surface area contributed by atoms with Crippen molar-refractivity contribution in [2.45, 2.75) is 6.18 Å². The van der Waals surface area contributed by atoms with Crippen molar-refractivity contribution in [1.29, 1.82) is 0 Å². The molecular formula is C18H11ClF3N3O2. The molecule has 0 spiro atoms. The van der Waals surface area contributed by atoms with Gasteiger partial charge >= 0.3 is 18.0 Å². The molecule has 1 heterocycles. The molecule has 138 valence electrons. The number of fused-ring (bicyclic) bond motifs is 1. The molecule has 5 nitrogen and oxygen atoms in total. The van der Waals surface area contributed by atoms with Crippen LogP contribution in [0.1, 0.15) is 5.56 Å². The second-order valence-corrected chi connectivity index (χ2v) is 5.89. The van der Waals surface area contributed by atoms with Gasteiger partial charge in [0.2, 0.25) is 0 Å². The third-order valence-corrected chi connectivity index (χ3v) is 3.96. The van der Waals surface area contributed by atoms with Crippen molar-refractivity contribution < 1.29 is 22.8 Å². The van der Waals surface area contributed by atoms with Crippen LogP contribution in [0.25, 0.3) is 10.9 Å². The zero-order chi connectivity index (χ0) is 19.6. The summed E-state index contributed by atoms with van der Waals surface area (Å²) in [7, 11) is 0. The predicted molar refractivity (Wildman–Crippen MR) is 95.5 cm³/mol. The Hall–Kier alpha value is -3.13. The maximum absolute atomic E-state index is 12.8. The molecule has 0 unspecified atom stereocenters. The zero-order valence-electron chi connectivity index (χ0n) is 13.5. The summed E-state index contributed by atoms with van der Waals surface area (Å²) < 4.78 is 38.4. The molecule has 0 fully saturated rings. The van der Waals surface area contributed by atoms with Crippen molar-refractivity contribution in [2.75, 3.05) is 10.6 Å². The van der Waals surface area contributed by atoms with Crippen LogP contribution in [0, 0.1) is 0 Å². The quantitative estimate of drug-likeness (QED) is 0.630. The van der Waals surface area contributed by atoms with Gasteiger partial charge in [-0.2, -0.15) is 13.2 Å². The average molecular weight is 394 g/mol. The number of alkyl halides is 3. The van der Waals surface area contributed by atoms with Crippen molar-refractivity contribution in [3.8, 4) is 0 Å². The summed E-state index contributed by atoms with van der Waals surface area (Å²) in [5, 5.41) is 5.10. The van der Waals surface area contributed by atoms with Crippen LogP contribution in [0.3, 0.4) is 0 Å². The molecule has 0 radical (unpaired) electrons. The van der Waals surface area contributed by atoms with Crippen molar-refractivity contribution in [3.63, 3.8) is 0 Å². The number of para-hydroxylation sites is 1. The lowest BCUT2D eigenvalue weighted by Crippen LogP contribution is -2.29. The Morgan fingerprint density at radius 2 is 1.59 bits per heavy atom. The first-order chi connectivity index (χ1) is 12.8. The van der Waals surface area contributed by atoms with Gasteiger partial charge in [-0.25, -0.2) is 0 Å². The Morgan fingerprint density at radius 3 is 2.30 bits per heavy atom. The van der Waals surface area contributed by atoms with Crippen LogP contribution in [0.2, 0.25) is 5.02 Å². The number of nitrogens with zero attached hydrogens (tertiary/aromatic N) is 1. The van der Waals surface area contributed by atoms with E-state index in [0.717, 1.165) is 17.5 Å². The van der Waals surface area contributed by atoms with Crippen molar-refractivity contribution in [1.82, 2.24) is 4.98 Å². The Balaban J connectivity index is 1.79. The second kappa shape index (κ2) is 7.24. The molecule has 0 bridgehead atoms. The van der Waals surface area contributed by atoms with E-state index >= 15 is 0 Å². The van der Waals surface area contributed by atoms with Crippen molar-refractivity contribution in [3.05, 3.63) is 65.3 Å². The minimum atomic E-state index is -4.61. The molecule has 1 aromatic heterocycles. The van der Waals surface area contributed by atoms with Gasteiger partial charge in [0, 0.05) is 11.6 Å². The third-order valence-electron chi connectivity index (χ3n) is 3.63. The molecular weight excluding hydrogens is 383 g/mol. The fourth-order valence-electron chi connectivity index (χ4n) is 2.36. The van der Waals surface area contributed by atoms with E-state index < -0.39 is 23.6 Å². The number of carbonyl (C=O) groups is 2. The van der Waals surface area contributed by atoms with Crippen molar-refractivity contribution >= 4 is 45.7 Å². The average Bonchev–Trinajstić information content (AvgIpc) is 2.62. The molecule has 2 amide bonds. The zero-order valence-corrected chi connectivity index (χ0v) is 14.2. The number of carbonyl (C=O) groups excluding carboxylic acids is 2. The lowest BCUT2D eigenvalue weighted by Gasteiger charge is -2.12. The lowest BCUT2D eigenvalue weighted by atomic mass is 10.2. The Kier molecular flexibility index (Phi) is 5.00. The van der Waals surface area contributed by atoms with Crippen LogP contribution >= 0.6 is 11.6 Å². The SMILES string of the molecule is O=C(Nc1cc(C(F)(F)F)ccc1Cl)C(=O)Nc1cccc2cccnc12. The van der Waals surface area contributed by atoms with Gasteiger partial charge < -0.3 is 10.6 Å². The van der Waals surface area contributed by atoms with Gasteiger partial charge in [0.05, 0.1) is 27.5 Å². The standard InChI is InChI=1S/C18H11ClF3N3O2/c19-12-7-6-11(18(20,21)22)9-14(12)25-17(27)16(26)24-13-5-1-3-10-4-2-8-23-15(10)13/h1-9H,(H,24,26)(H,25,27). The Morgan fingerprint density at radius 1 is 0.926 bits per heavy atom. The highest BCUT2D eigenvalue weighted by Crippen LogP contribution is 2.33. The van der Waals surface area contributed by atoms with E-state index in [1.54, 1.807) is 30.3 Å². The summed E-state index contributed by atoms with van der Waals surface area (Å²) in [6.07, 6.45) is -3.08. The number of amides is 2. The van der Waals surface area contributed by atoms with Gasteiger partial charge in [-0.15, -0.1) is 0 Å². The maximum Gasteiger partial charge on any atom is 0.416 e. The molecule has 3 aromatic rings. The molecule has 3 rings (SSSR count). The van der Waals surface area contributed by atoms with Crippen LogP contribution in [-0.2, 0) is 15.8 Å². The van der Waals surface area contributed by atoms with E-state index in [9.17, 15) is 22.8 Å². The van der Waals surface area contributed by atoms with Gasteiger partial charge in [-0.1, -0.05) is 29.8 Å². The van der Waals surface area contributed by atoms with Crippen LogP contribution in [-0.4, -0.2) is 16.8 Å². The summed E-state index contributed by atoms with van der Waals surface area (Å²) in [6, 6.07) is 10.9. The maximum atomic E-state index is 12.8. The monoisotopic (exact) mass is 393 g/mol. The molecule has 0 aliphatic carbocycles. The van der Waals surface area contributed by atoms with Crippen molar-refractivity contribution in [2.24, 2.45) is 0 Å². The van der Waals surface area contributed by atoms with Crippen LogP contribution in [0.4, 0.5) is 24.5 Å². The molecule has 0 atom stereocenters. The number of hydrogen-bond donors (Lipinski definition) is 2. The first kappa shape index (κ1) is 18.7. The van der Waals surface area contributed by atoms with Crippen LogP contribution in [0.5, 0.6) is 0 Å². The minimum Gasteiger partial charge on any atom is -0.316 e. The number of rotatable bonds is 2. The number of halogens is 4. The van der Waals surface area contributed by atoms with E-state index in [2.05, 4.69) is 15.6 Å². The number of pyridine rings is 1. The summed E-state index contributed by atoms with van der Waals surface area (Å²) in [4.78, 5) is 28.4. The molecule has 27 heavy (non-hydrogen) atoms. The van der Waals surface area contributed by atoms with E-state index in [-0.39, 0.29) is 10.7 Å². The van der Waals surface area contributed by atoms with E-state index in [1.165, 1.54) is 6.20 Å². The third kappa shape index (κ3) is 4.17. The normalized spacial score (nSPS) is 11.3. The predicted octanol–water partition coefficient (Wildman–Crippen LogP) is 4.48. The Labute approximate surface area is 156 Å². The van der Waals surface area contributed by atoms with E-state index in [0.29, 0.717) is 17.3 Å². The molecule has 0 saturated heterocycles. The lowest BCUT2D eigenvalue weighted by molar-refractivity contribution is -0.137. The summed E-state index contributed by atoms with van der Waals surface area (Å²) in [5.74, 6) is -2.23. The van der Waals surface area contributed by atoms with Crippen LogP contribution < -0.4 is 10.6 Å². The Bertz CT molecular complexity index is 1030. The van der Waals surface area contributed by atoms with Crippen LogP contribution in [0.15, 0.2) is 54.7 Å². The fourth-order valence-corrected chi connectivity index (χ4v) is 2.53. The van der Waals surface area contributed by atoms with Gasteiger partial charge in [0.25, 0.3) is 0 Å². The summed E-state index contributed by atoms with van der Waals surface area (Å²) >= 11 is 5.81. The minimum absolute atomic E-state index is 0.129. The number of aromatic nitrogens is 1. The first-order valence-corrected chi connectivity index (χ1v) is 7.96. The highest BCUT2D eigenvalue weighted by atomic mass is 35.5. The molecule has 0 aliphatic rings.